The normalized spacial score (nSPS) is 11.4. The van der Waals surface area contributed by atoms with E-state index in [4.69, 9.17) is 4.74 Å². The van der Waals surface area contributed by atoms with Gasteiger partial charge < -0.3 is 4.74 Å². The molecule has 0 aliphatic carbocycles. The second-order valence-corrected chi connectivity index (χ2v) is 8.37. The first-order chi connectivity index (χ1) is 13.8. The van der Waals surface area contributed by atoms with Crippen molar-refractivity contribution in [2.24, 2.45) is 0 Å². The maximum absolute atomic E-state index is 11.6. The third kappa shape index (κ3) is 23.2. The number of allylic oxidation sites excluding steroid dienone is 1. The fraction of sp³-hybridized carbons (Fsp3) is 0.885. The van der Waals surface area contributed by atoms with Gasteiger partial charge in [0.15, 0.2) is 0 Å². The zero-order valence-electron chi connectivity index (χ0n) is 19.3. The predicted octanol–water partition coefficient (Wildman–Crippen LogP) is 8.93. The van der Waals surface area contributed by atoms with Crippen LogP contribution in [0.2, 0.25) is 0 Å². The predicted molar refractivity (Wildman–Crippen MR) is 124 cm³/mol. The first kappa shape index (κ1) is 27.2. The summed E-state index contributed by atoms with van der Waals surface area (Å²) in [5.74, 6) is -0.161. The van der Waals surface area contributed by atoms with E-state index in [2.05, 4.69) is 13.8 Å². The molecule has 0 rings (SSSR count). The summed E-state index contributed by atoms with van der Waals surface area (Å²) in [4.78, 5) is 11.6. The molecule has 0 saturated carbocycles. The monoisotopic (exact) mass is 394 g/mol. The van der Waals surface area contributed by atoms with Gasteiger partial charge in [0.05, 0.1) is 6.61 Å². The molecule has 0 spiro atoms. The summed E-state index contributed by atoms with van der Waals surface area (Å²) in [7, 11) is 0. The third-order valence-electron chi connectivity index (χ3n) is 5.47. The quantitative estimate of drug-likeness (QED) is 0.104. The molecule has 0 saturated heterocycles. The Morgan fingerprint density at radius 2 is 0.964 bits per heavy atom. The summed E-state index contributed by atoms with van der Waals surface area (Å²) in [6.07, 6.45) is 29.8. The van der Waals surface area contributed by atoms with Crippen molar-refractivity contribution in [3.63, 3.8) is 0 Å². The molecule has 0 aliphatic heterocycles. The average molecular weight is 395 g/mol. The fourth-order valence-electron chi connectivity index (χ4n) is 3.56. The van der Waals surface area contributed by atoms with Gasteiger partial charge in [-0.05, 0) is 19.3 Å². The summed E-state index contributed by atoms with van der Waals surface area (Å²) in [5, 5.41) is 0. The van der Waals surface area contributed by atoms with E-state index < -0.39 is 0 Å². The van der Waals surface area contributed by atoms with E-state index in [1.54, 1.807) is 6.08 Å². The van der Waals surface area contributed by atoms with Gasteiger partial charge in [0.1, 0.15) is 0 Å². The summed E-state index contributed by atoms with van der Waals surface area (Å²) in [6.45, 7) is 5.10. The Balaban J connectivity index is 3.23. The minimum absolute atomic E-state index is 0.161. The molecule has 0 atom stereocenters. The van der Waals surface area contributed by atoms with E-state index in [0.717, 1.165) is 12.8 Å². The molecule has 0 N–H and O–H groups in total. The number of unbranched alkanes of at least 4 members (excludes halogenated alkanes) is 18. The number of carbonyl (C=O) groups excluding carboxylic acids is 1. The van der Waals surface area contributed by atoms with Crippen LogP contribution in [0.1, 0.15) is 142 Å². The number of ether oxygens (including phenoxy) is 1. The molecule has 28 heavy (non-hydrogen) atoms. The van der Waals surface area contributed by atoms with Gasteiger partial charge in [0.2, 0.25) is 0 Å². The number of hydrogen-bond donors (Lipinski definition) is 0. The van der Waals surface area contributed by atoms with Gasteiger partial charge in [0.25, 0.3) is 0 Å². The fourth-order valence-corrected chi connectivity index (χ4v) is 3.56. The van der Waals surface area contributed by atoms with E-state index in [9.17, 15) is 4.79 Å². The molecule has 2 heteroatoms. The van der Waals surface area contributed by atoms with Gasteiger partial charge in [-0.25, -0.2) is 4.79 Å². The van der Waals surface area contributed by atoms with E-state index in [0.29, 0.717) is 6.61 Å². The van der Waals surface area contributed by atoms with Crippen molar-refractivity contribution in [1.82, 2.24) is 0 Å². The van der Waals surface area contributed by atoms with Crippen molar-refractivity contribution in [3.8, 4) is 0 Å². The van der Waals surface area contributed by atoms with Crippen LogP contribution in [0, 0.1) is 0 Å². The zero-order chi connectivity index (χ0) is 20.5. The molecule has 0 amide bonds. The second-order valence-electron chi connectivity index (χ2n) is 8.37. The van der Waals surface area contributed by atoms with Crippen molar-refractivity contribution < 1.29 is 9.53 Å². The van der Waals surface area contributed by atoms with E-state index >= 15 is 0 Å². The Morgan fingerprint density at radius 1 is 0.571 bits per heavy atom. The largest absolute Gasteiger partial charge is 0.463 e. The van der Waals surface area contributed by atoms with Gasteiger partial charge in [-0.3, -0.25) is 0 Å². The lowest BCUT2D eigenvalue weighted by Crippen LogP contribution is -2.02. The van der Waals surface area contributed by atoms with Crippen LogP contribution in [0.3, 0.4) is 0 Å². The van der Waals surface area contributed by atoms with Gasteiger partial charge in [-0.1, -0.05) is 129 Å². The smallest absolute Gasteiger partial charge is 0.330 e. The molecule has 166 valence electrons. The molecular weight excluding hydrogens is 344 g/mol. The van der Waals surface area contributed by atoms with Crippen molar-refractivity contribution in [2.45, 2.75) is 142 Å². The minimum atomic E-state index is -0.161. The van der Waals surface area contributed by atoms with E-state index in [1.807, 2.05) is 6.08 Å². The molecule has 0 fully saturated rings. The molecule has 0 aromatic carbocycles. The lowest BCUT2D eigenvalue weighted by Gasteiger charge is -2.03. The molecule has 0 unspecified atom stereocenters. The van der Waals surface area contributed by atoms with E-state index in [-0.39, 0.29) is 5.97 Å². The molecule has 0 aromatic rings. The summed E-state index contributed by atoms with van der Waals surface area (Å²) in [6, 6.07) is 0. The van der Waals surface area contributed by atoms with Gasteiger partial charge in [0, 0.05) is 6.08 Å². The number of esters is 1. The van der Waals surface area contributed by atoms with Gasteiger partial charge >= 0.3 is 5.97 Å². The number of carbonyl (C=O) groups is 1. The zero-order valence-corrected chi connectivity index (χ0v) is 19.3. The molecular formula is C26H50O2. The highest BCUT2D eigenvalue weighted by atomic mass is 16.5. The second kappa shape index (κ2) is 24.2. The van der Waals surface area contributed by atoms with Crippen LogP contribution in [-0.2, 0) is 9.53 Å². The Hall–Kier alpha value is -0.790. The maximum Gasteiger partial charge on any atom is 0.330 e. The van der Waals surface area contributed by atoms with Crippen LogP contribution in [0.5, 0.6) is 0 Å². The Labute approximate surface area is 176 Å². The summed E-state index contributed by atoms with van der Waals surface area (Å²) in [5.41, 5.74) is 0. The SMILES string of the molecule is CCCCCCCCCCCCCC=CC(=O)OCCCCCCCCCC. The Kier molecular flexibility index (Phi) is 23.6. The van der Waals surface area contributed by atoms with Gasteiger partial charge in [-0.15, -0.1) is 0 Å². The van der Waals surface area contributed by atoms with E-state index in [1.165, 1.54) is 116 Å². The van der Waals surface area contributed by atoms with Crippen LogP contribution in [-0.4, -0.2) is 12.6 Å². The molecule has 0 aromatic heterocycles. The highest BCUT2D eigenvalue weighted by molar-refractivity contribution is 5.81. The van der Waals surface area contributed by atoms with Crippen LogP contribution in [0.15, 0.2) is 12.2 Å². The first-order valence-electron chi connectivity index (χ1n) is 12.6. The Bertz CT molecular complexity index is 335. The van der Waals surface area contributed by atoms with Crippen LogP contribution in [0.25, 0.3) is 0 Å². The lowest BCUT2D eigenvalue weighted by molar-refractivity contribution is -0.137. The molecule has 0 bridgehead atoms. The lowest BCUT2D eigenvalue weighted by atomic mass is 10.1. The maximum atomic E-state index is 11.6. The summed E-state index contributed by atoms with van der Waals surface area (Å²) >= 11 is 0. The average Bonchev–Trinajstić information content (AvgIpc) is 2.70. The third-order valence-corrected chi connectivity index (χ3v) is 5.47. The highest BCUT2D eigenvalue weighted by Crippen LogP contribution is 2.12. The molecule has 0 aliphatic rings. The highest BCUT2D eigenvalue weighted by Gasteiger charge is 1.97. The van der Waals surface area contributed by atoms with Crippen LogP contribution >= 0.6 is 0 Å². The van der Waals surface area contributed by atoms with Crippen molar-refractivity contribution in [1.29, 1.82) is 0 Å². The summed E-state index contributed by atoms with van der Waals surface area (Å²) < 4.78 is 5.27. The van der Waals surface area contributed by atoms with Crippen molar-refractivity contribution in [2.75, 3.05) is 6.61 Å². The topological polar surface area (TPSA) is 26.3 Å². The van der Waals surface area contributed by atoms with Crippen molar-refractivity contribution >= 4 is 5.97 Å². The Morgan fingerprint density at radius 3 is 1.43 bits per heavy atom. The standard InChI is InChI=1S/C26H50O2/c1-3-5-7-9-11-13-14-15-16-17-18-20-22-24-26(27)28-25-23-21-19-12-10-8-6-4-2/h22,24H,3-21,23,25H2,1-2H3. The molecule has 0 heterocycles. The molecule has 0 radical (unpaired) electrons. The van der Waals surface area contributed by atoms with Gasteiger partial charge in [-0.2, -0.15) is 0 Å². The number of rotatable bonds is 22. The molecule has 2 nitrogen and oxygen atoms in total. The number of hydrogen-bond acceptors (Lipinski definition) is 2. The van der Waals surface area contributed by atoms with Crippen LogP contribution < -0.4 is 0 Å². The van der Waals surface area contributed by atoms with Crippen LogP contribution in [0.4, 0.5) is 0 Å². The minimum Gasteiger partial charge on any atom is -0.463 e. The first-order valence-corrected chi connectivity index (χ1v) is 12.6. The van der Waals surface area contributed by atoms with Crippen molar-refractivity contribution in [3.05, 3.63) is 12.2 Å².